The molecule has 0 aromatic carbocycles. The minimum Gasteiger partial charge on any atom is -0.481 e. The summed E-state index contributed by atoms with van der Waals surface area (Å²) in [6.45, 7) is 3.03. The van der Waals surface area contributed by atoms with Crippen molar-refractivity contribution in [2.75, 3.05) is 0 Å². The molecule has 66 valence electrons. The topological polar surface area (TPSA) is 66.0 Å². The van der Waals surface area contributed by atoms with Gasteiger partial charge in [-0.1, -0.05) is 0 Å². The maximum Gasteiger partial charge on any atom is 0.300 e. The summed E-state index contributed by atoms with van der Waals surface area (Å²) in [7, 11) is 0. The van der Waals surface area contributed by atoms with Gasteiger partial charge in [-0.05, 0) is 25.2 Å². The number of carbonyl (C=O) groups is 1. The molecule has 0 radical (unpaired) electrons. The quantitative estimate of drug-likeness (QED) is 0.603. The van der Waals surface area contributed by atoms with Gasteiger partial charge >= 0.3 is 0 Å². The first-order valence-electron chi connectivity index (χ1n) is 3.24. The SMILES string of the molecule is CC(=O)O.Cc1ccnc(=S)[nH]1. The highest BCUT2D eigenvalue weighted by atomic mass is 32.1. The number of H-pyrrole nitrogens is 1. The number of carboxylic acid groups (broad SMARTS) is 1. The van der Waals surface area contributed by atoms with Crippen molar-refractivity contribution in [3.63, 3.8) is 0 Å². The summed E-state index contributed by atoms with van der Waals surface area (Å²) in [5.74, 6) is -0.833. The van der Waals surface area contributed by atoms with E-state index in [1.54, 1.807) is 6.20 Å². The molecule has 2 N–H and O–H groups in total. The van der Waals surface area contributed by atoms with Crippen LogP contribution in [0.5, 0.6) is 0 Å². The zero-order valence-electron chi connectivity index (χ0n) is 6.87. The van der Waals surface area contributed by atoms with Gasteiger partial charge in [0.1, 0.15) is 0 Å². The molecule has 0 saturated heterocycles. The summed E-state index contributed by atoms with van der Waals surface area (Å²) in [5, 5.41) is 7.42. The Morgan fingerprint density at radius 1 is 1.75 bits per heavy atom. The fourth-order valence-corrected chi connectivity index (χ4v) is 0.681. The van der Waals surface area contributed by atoms with E-state index in [1.807, 2.05) is 13.0 Å². The first-order valence-corrected chi connectivity index (χ1v) is 3.64. The van der Waals surface area contributed by atoms with E-state index in [9.17, 15) is 0 Å². The Bertz CT molecular complexity index is 304. The van der Waals surface area contributed by atoms with Crippen LogP contribution in [-0.4, -0.2) is 21.0 Å². The smallest absolute Gasteiger partial charge is 0.300 e. The molecule has 12 heavy (non-hydrogen) atoms. The van der Waals surface area contributed by atoms with Crippen LogP contribution >= 0.6 is 12.2 Å². The van der Waals surface area contributed by atoms with Gasteiger partial charge in [0, 0.05) is 18.8 Å². The molecule has 1 heterocycles. The second-order valence-corrected chi connectivity index (χ2v) is 2.46. The molecule has 1 aromatic rings. The molecule has 4 nitrogen and oxygen atoms in total. The van der Waals surface area contributed by atoms with Crippen LogP contribution in [0.4, 0.5) is 0 Å². The summed E-state index contributed by atoms with van der Waals surface area (Å²) >= 11 is 4.73. The minimum atomic E-state index is -0.833. The number of nitrogens with one attached hydrogen (secondary N) is 1. The van der Waals surface area contributed by atoms with Crippen molar-refractivity contribution < 1.29 is 9.90 Å². The molecule has 1 aromatic heterocycles. The van der Waals surface area contributed by atoms with Gasteiger partial charge < -0.3 is 10.1 Å². The van der Waals surface area contributed by atoms with Crippen molar-refractivity contribution >= 4 is 18.2 Å². The fraction of sp³-hybridized carbons (Fsp3) is 0.286. The fourth-order valence-electron chi connectivity index (χ4n) is 0.459. The van der Waals surface area contributed by atoms with Crippen LogP contribution < -0.4 is 0 Å². The van der Waals surface area contributed by atoms with E-state index in [4.69, 9.17) is 22.1 Å². The Labute approximate surface area is 75.3 Å². The number of aliphatic carboxylic acids is 1. The van der Waals surface area contributed by atoms with Gasteiger partial charge in [-0.3, -0.25) is 4.79 Å². The van der Waals surface area contributed by atoms with Gasteiger partial charge in [0.05, 0.1) is 0 Å². The molecule has 0 aliphatic rings. The number of nitrogens with zero attached hydrogens (tertiary/aromatic N) is 1. The Morgan fingerprint density at radius 3 is 2.50 bits per heavy atom. The normalized spacial score (nSPS) is 8.17. The number of rotatable bonds is 0. The summed E-state index contributed by atoms with van der Waals surface area (Å²) < 4.78 is 0.546. The van der Waals surface area contributed by atoms with Gasteiger partial charge in [0.2, 0.25) is 0 Å². The summed E-state index contributed by atoms with van der Waals surface area (Å²) in [5.41, 5.74) is 1.05. The van der Waals surface area contributed by atoms with Crippen LogP contribution in [0.3, 0.4) is 0 Å². The molecule has 0 aliphatic carbocycles. The van der Waals surface area contributed by atoms with Crippen LogP contribution in [-0.2, 0) is 4.79 Å². The van der Waals surface area contributed by atoms with Gasteiger partial charge in [-0.15, -0.1) is 0 Å². The third kappa shape index (κ3) is 6.88. The Kier molecular flexibility index (Phi) is 4.87. The number of aryl methyl sites for hydroxylation is 1. The number of aromatic amines is 1. The third-order valence-electron chi connectivity index (χ3n) is 0.820. The lowest BCUT2D eigenvalue weighted by atomic mass is 10.5. The first-order chi connectivity index (χ1) is 5.52. The van der Waals surface area contributed by atoms with Gasteiger partial charge in [0.25, 0.3) is 5.97 Å². The van der Waals surface area contributed by atoms with Gasteiger partial charge in [-0.25, -0.2) is 4.98 Å². The number of carboxylic acids is 1. The number of hydrogen-bond acceptors (Lipinski definition) is 3. The first kappa shape index (κ1) is 10.8. The second-order valence-electron chi connectivity index (χ2n) is 2.08. The van der Waals surface area contributed by atoms with Gasteiger partial charge in [0.15, 0.2) is 4.77 Å². The molecule has 0 amide bonds. The summed E-state index contributed by atoms with van der Waals surface area (Å²) in [6.07, 6.45) is 1.69. The minimum absolute atomic E-state index is 0.546. The molecule has 0 spiro atoms. The predicted molar refractivity (Wildman–Crippen MR) is 47.5 cm³/mol. The number of aromatic nitrogens is 2. The maximum absolute atomic E-state index is 9.00. The Hall–Kier alpha value is -1.23. The lowest BCUT2D eigenvalue weighted by molar-refractivity contribution is -0.134. The van der Waals surface area contributed by atoms with E-state index < -0.39 is 5.97 Å². The highest BCUT2D eigenvalue weighted by Crippen LogP contribution is 1.85. The van der Waals surface area contributed by atoms with E-state index in [1.165, 1.54) is 0 Å². The van der Waals surface area contributed by atoms with Crippen molar-refractivity contribution in [2.24, 2.45) is 0 Å². The second kappa shape index (κ2) is 5.42. The van der Waals surface area contributed by atoms with Crippen LogP contribution in [0, 0.1) is 11.7 Å². The maximum atomic E-state index is 9.00. The van der Waals surface area contributed by atoms with Crippen LogP contribution in [0.1, 0.15) is 12.6 Å². The lowest BCUT2D eigenvalue weighted by Gasteiger charge is -1.86. The molecule has 1 rings (SSSR count). The van der Waals surface area contributed by atoms with Crippen molar-refractivity contribution in [1.82, 2.24) is 9.97 Å². The zero-order chi connectivity index (χ0) is 9.56. The van der Waals surface area contributed by atoms with Gasteiger partial charge in [-0.2, -0.15) is 0 Å². The van der Waals surface area contributed by atoms with Crippen molar-refractivity contribution in [2.45, 2.75) is 13.8 Å². The molecule has 0 fully saturated rings. The summed E-state index contributed by atoms with van der Waals surface area (Å²) in [4.78, 5) is 15.7. The monoisotopic (exact) mass is 186 g/mol. The van der Waals surface area contributed by atoms with Crippen LogP contribution in [0.25, 0.3) is 0 Å². The lowest BCUT2D eigenvalue weighted by Crippen LogP contribution is -1.81. The van der Waals surface area contributed by atoms with E-state index in [0.29, 0.717) is 4.77 Å². The van der Waals surface area contributed by atoms with E-state index in [-0.39, 0.29) is 0 Å². The van der Waals surface area contributed by atoms with Crippen molar-refractivity contribution in [1.29, 1.82) is 0 Å². The third-order valence-corrected chi connectivity index (χ3v) is 1.03. The van der Waals surface area contributed by atoms with Crippen molar-refractivity contribution in [3.05, 3.63) is 22.7 Å². The average molecular weight is 186 g/mol. The Morgan fingerprint density at radius 2 is 2.25 bits per heavy atom. The molecular formula is C7H10N2O2S. The molecule has 0 bridgehead atoms. The van der Waals surface area contributed by atoms with Crippen molar-refractivity contribution in [3.8, 4) is 0 Å². The van der Waals surface area contributed by atoms with Crippen LogP contribution in [0.2, 0.25) is 0 Å². The summed E-state index contributed by atoms with van der Waals surface area (Å²) in [6, 6.07) is 1.87. The predicted octanol–water partition coefficient (Wildman–Crippen LogP) is 1.54. The largest absolute Gasteiger partial charge is 0.481 e. The standard InChI is InChI=1S/C5H6N2S.C2H4O2/c1-4-2-3-6-5(8)7-4;1-2(3)4/h2-3H,1H3,(H,6,7,8);1H3,(H,3,4). The Balaban J connectivity index is 0.000000261. The molecule has 0 saturated carbocycles. The van der Waals surface area contributed by atoms with Crippen LogP contribution in [0.15, 0.2) is 12.3 Å². The molecular weight excluding hydrogens is 176 g/mol. The van der Waals surface area contributed by atoms with E-state index >= 15 is 0 Å². The average Bonchev–Trinajstić information content (AvgIpc) is 1.84. The molecule has 0 aliphatic heterocycles. The molecule has 5 heteroatoms. The molecule has 0 atom stereocenters. The molecule has 0 unspecified atom stereocenters. The highest BCUT2D eigenvalue weighted by Gasteiger charge is 1.77. The number of hydrogen-bond donors (Lipinski definition) is 2. The zero-order valence-corrected chi connectivity index (χ0v) is 7.68. The highest BCUT2D eigenvalue weighted by molar-refractivity contribution is 7.71. The van der Waals surface area contributed by atoms with E-state index in [2.05, 4.69) is 9.97 Å². The van der Waals surface area contributed by atoms with E-state index in [0.717, 1.165) is 12.6 Å².